The smallest absolute Gasteiger partial charge is 0.269 e. The Labute approximate surface area is 113 Å². The van der Waals surface area contributed by atoms with E-state index in [4.69, 9.17) is 5.26 Å². The standard InChI is InChI=1S/C14H19N3O2/c1-14(2,8-3-9-15)11-16-10-12-4-6-13(7-5-12)17(18)19/h4-7,16H,3,8,10-11H2,1-2H3. The van der Waals surface area contributed by atoms with Crippen LogP contribution >= 0.6 is 0 Å². The Hall–Kier alpha value is -1.93. The fourth-order valence-corrected chi connectivity index (χ4v) is 1.76. The fourth-order valence-electron chi connectivity index (χ4n) is 1.76. The Morgan fingerprint density at radius 2 is 2.00 bits per heavy atom. The van der Waals surface area contributed by atoms with Crippen molar-refractivity contribution in [2.75, 3.05) is 6.54 Å². The van der Waals surface area contributed by atoms with Crippen LogP contribution in [0.2, 0.25) is 0 Å². The van der Waals surface area contributed by atoms with Crippen molar-refractivity contribution in [3.63, 3.8) is 0 Å². The molecule has 0 saturated carbocycles. The molecule has 1 aromatic carbocycles. The second-order valence-corrected chi connectivity index (χ2v) is 5.35. The van der Waals surface area contributed by atoms with Crippen molar-refractivity contribution in [1.82, 2.24) is 5.32 Å². The lowest BCUT2D eigenvalue weighted by atomic mass is 9.88. The van der Waals surface area contributed by atoms with E-state index in [1.165, 1.54) is 12.1 Å². The summed E-state index contributed by atoms with van der Waals surface area (Å²) in [6.07, 6.45) is 1.42. The number of rotatable bonds is 7. The number of nitro groups is 1. The van der Waals surface area contributed by atoms with Crippen molar-refractivity contribution in [3.05, 3.63) is 39.9 Å². The lowest BCUT2D eigenvalue weighted by Crippen LogP contribution is -2.29. The van der Waals surface area contributed by atoms with Gasteiger partial charge in [0.2, 0.25) is 0 Å². The predicted octanol–water partition coefficient (Wildman–Crippen LogP) is 3.01. The zero-order chi connectivity index (χ0) is 14.3. The first kappa shape index (κ1) is 15.1. The monoisotopic (exact) mass is 261 g/mol. The van der Waals surface area contributed by atoms with Gasteiger partial charge in [-0.15, -0.1) is 0 Å². The summed E-state index contributed by atoms with van der Waals surface area (Å²) >= 11 is 0. The SMILES string of the molecule is CC(C)(CCC#N)CNCc1ccc([N+](=O)[O-])cc1. The molecule has 0 bridgehead atoms. The van der Waals surface area contributed by atoms with Crippen LogP contribution in [-0.2, 0) is 6.54 Å². The van der Waals surface area contributed by atoms with Crippen LogP contribution in [0.5, 0.6) is 0 Å². The van der Waals surface area contributed by atoms with Gasteiger partial charge in [-0.25, -0.2) is 0 Å². The Balaban J connectivity index is 2.41. The molecule has 1 N–H and O–H groups in total. The number of nitrogens with zero attached hydrogens (tertiary/aromatic N) is 2. The number of nitro benzene ring substituents is 1. The summed E-state index contributed by atoms with van der Waals surface area (Å²) in [5, 5.41) is 22.4. The van der Waals surface area contributed by atoms with Crippen LogP contribution in [0.1, 0.15) is 32.3 Å². The minimum atomic E-state index is -0.401. The van der Waals surface area contributed by atoms with Crippen LogP contribution in [0.15, 0.2) is 24.3 Å². The minimum absolute atomic E-state index is 0.0799. The lowest BCUT2D eigenvalue weighted by Gasteiger charge is -2.23. The molecule has 0 amide bonds. The van der Waals surface area contributed by atoms with E-state index in [1.807, 2.05) is 0 Å². The topological polar surface area (TPSA) is 79.0 Å². The Bertz CT molecular complexity index is 461. The van der Waals surface area contributed by atoms with Crippen molar-refractivity contribution in [3.8, 4) is 6.07 Å². The third-order valence-electron chi connectivity index (χ3n) is 2.99. The summed E-state index contributed by atoms with van der Waals surface area (Å²) in [5.74, 6) is 0. The molecule has 5 heteroatoms. The first-order valence-electron chi connectivity index (χ1n) is 6.26. The van der Waals surface area contributed by atoms with E-state index in [1.54, 1.807) is 12.1 Å². The van der Waals surface area contributed by atoms with Gasteiger partial charge in [-0.05, 0) is 17.4 Å². The van der Waals surface area contributed by atoms with Crippen LogP contribution in [0, 0.1) is 26.9 Å². The van der Waals surface area contributed by atoms with Gasteiger partial charge in [-0.1, -0.05) is 26.0 Å². The molecule has 1 rings (SSSR count). The van der Waals surface area contributed by atoms with Crippen LogP contribution in [0.3, 0.4) is 0 Å². The van der Waals surface area contributed by atoms with E-state index in [-0.39, 0.29) is 11.1 Å². The molecule has 0 saturated heterocycles. The molecule has 0 spiro atoms. The highest BCUT2D eigenvalue weighted by molar-refractivity contribution is 5.32. The molecule has 0 aliphatic carbocycles. The van der Waals surface area contributed by atoms with Crippen molar-refractivity contribution >= 4 is 5.69 Å². The zero-order valence-electron chi connectivity index (χ0n) is 11.3. The van der Waals surface area contributed by atoms with Gasteiger partial charge in [0, 0.05) is 31.6 Å². The highest BCUT2D eigenvalue weighted by atomic mass is 16.6. The van der Waals surface area contributed by atoms with Gasteiger partial charge in [0.1, 0.15) is 0 Å². The van der Waals surface area contributed by atoms with Gasteiger partial charge in [0.25, 0.3) is 5.69 Å². The van der Waals surface area contributed by atoms with E-state index in [2.05, 4.69) is 25.2 Å². The first-order chi connectivity index (χ1) is 8.94. The zero-order valence-corrected chi connectivity index (χ0v) is 11.3. The molecule has 0 atom stereocenters. The average Bonchev–Trinajstić information content (AvgIpc) is 2.37. The number of nitriles is 1. The Morgan fingerprint density at radius 1 is 1.37 bits per heavy atom. The average molecular weight is 261 g/mol. The van der Waals surface area contributed by atoms with E-state index in [0.717, 1.165) is 18.5 Å². The highest BCUT2D eigenvalue weighted by Gasteiger charge is 2.16. The van der Waals surface area contributed by atoms with Gasteiger partial charge in [0.05, 0.1) is 11.0 Å². The maximum Gasteiger partial charge on any atom is 0.269 e. The molecule has 1 aromatic rings. The largest absolute Gasteiger partial charge is 0.312 e. The van der Waals surface area contributed by atoms with Crippen LogP contribution in [0.25, 0.3) is 0 Å². The summed E-state index contributed by atoms with van der Waals surface area (Å²) in [6.45, 7) is 5.72. The van der Waals surface area contributed by atoms with Gasteiger partial charge in [-0.2, -0.15) is 5.26 Å². The van der Waals surface area contributed by atoms with Gasteiger partial charge < -0.3 is 5.32 Å². The molecule has 0 unspecified atom stereocenters. The predicted molar refractivity (Wildman–Crippen MR) is 73.4 cm³/mol. The quantitative estimate of drug-likeness (QED) is 0.604. The number of benzene rings is 1. The second-order valence-electron chi connectivity index (χ2n) is 5.35. The van der Waals surface area contributed by atoms with Crippen LogP contribution < -0.4 is 5.32 Å². The van der Waals surface area contributed by atoms with E-state index in [0.29, 0.717) is 13.0 Å². The normalized spacial score (nSPS) is 11.0. The lowest BCUT2D eigenvalue weighted by molar-refractivity contribution is -0.384. The van der Waals surface area contributed by atoms with Gasteiger partial charge >= 0.3 is 0 Å². The fraction of sp³-hybridized carbons (Fsp3) is 0.500. The molecular formula is C14H19N3O2. The summed E-state index contributed by atoms with van der Waals surface area (Å²) in [6, 6.07) is 8.70. The van der Waals surface area contributed by atoms with Crippen molar-refractivity contribution < 1.29 is 4.92 Å². The molecule has 0 aliphatic rings. The van der Waals surface area contributed by atoms with Crippen LogP contribution in [0.4, 0.5) is 5.69 Å². The van der Waals surface area contributed by atoms with E-state index >= 15 is 0 Å². The number of non-ortho nitro benzene ring substituents is 1. The van der Waals surface area contributed by atoms with Crippen molar-refractivity contribution in [1.29, 1.82) is 5.26 Å². The van der Waals surface area contributed by atoms with E-state index in [9.17, 15) is 10.1 Å². The summed E-state index contributed by atoms with van der Waals surface area (Å²) < 4.78 is 0. The van der Waals surface area contributed by atoms with Gasteiger partial charge in [-0.3, -0.25) is 10.1 Å². The molecule has 0 heterocycles. The molecule has 5 nitrogen and oxygen atoms in total. The molecule has 0 aliphatic heterocycles. The maximum absolute atomic E-state index is 10.5. The minimum Gasteiger partial charge on any atom is -0.312 e. The number of hydrogen-bond acceptors (Lipinski definition) is 4. The Kier molecular flexibility index (Phi) is 5.46. The molecule has 102 valence electrons. The first-order valence-corrected chi connectivity index (χ1v) is 6.26. The van der Waals surface area contributed by atoms with E-state index < -0.39 is 4.92 Å². The summed E-state index contributed by atoms with van der Waals surface area (Å²) in [4.78, 5) is 10.1. The number of nitrogens with one attached hydrogen (secondary N) is 1. The molecule has 19 heavy (non-hydrogen) atoms. The third kappa shape index (κ3) is 5.49. The Morgan fingerprint density at radius 3 is 2.53 bits per heavy atom. The summed E-state index contributed by atoms with van der Waals surface area (Å²) in [5.41, 5.74) is 1.20. The van der Waals surface area contributed by atoms with Crippen molar-refractivity contribution in [2.45, 2.75) is 33.2 Å². The van der Waals surface area contributed by atoms with Crippen molar-refractivity contribution in [2.24, 2.45) is 5.41 Å². The number of hydrogen-bond donors (Lipinski definition) is 1. The van der Waals surface area contributed by atoms with Crippen LogP contribution in [-0.4, -0.2) is 11.5 Å². The van der Waals surface area contributed by atoms with Gasteiger partial charge in [0.15, 0.2) is 0 Å². The highest BCUT2D eigenvalue weighted by Crippen LogP contribution is 2.21. The maximum atomic E-state index is 10.5. The summed E-state index contributed by atoms with van der Waals surface area (Å²) in [7, 11) is 0. The molecule has 0 fully saturated rings. The molecular weight excluding hydrogens is 242 g/mol. The second kappa shape index (κ2) is 6.86. The molecule has 0 aromatic heterocycles. The molecule has 0 radical (unpaired) electrons. The third-order valence-corrected chi connectivity index (χ3v) is 2.99.